The zero-order valence-corrected chi connectivity index (χ0v) is 12.0. The smallest absolute Gasteiger partial charge is 0.336 e. The van der Waals surface area contributed by atoms with E-state index >= 15 is 0 Å². The summed E-state index contributed by atoms with van der Waals surface area (Å²) < 4.78 is 51.4. The first-order chi connectivity index (χ1) is 9.09. The van der Waals surface area contributed by atoms with E-state index in [1.807, 2.05) is 13.8 Å². The maximum absolute atomic E-state index is 13.3. The molecule has 1 atom stereocenters. The molecule has 0 fully saturated rings. The van der Waals surface area contributed by atoms with E-state index < -0.39 is 18.5 Å². The molecule has 0 bridgehead atoms. The average molecular weight is 292 g/mol. The van der Waals surface area contributed by atoms with E-state index in [9.17, 15) is 22.7 Å². The van der Waals surface area contributed by atoms with Crippen LogP contribution < -0.4 is 0 Å². The van der Waals surface area contributed by atoms with Gasteiger partial charge >= 0.3 is 12.3 Å². The lowest BCUT2D eigenvalue weighted by Crippen LogP contribution is -2.35. The van der Waals surface area contributed by atoms with Crippen molar-refractivity contribution in [2.45, 2.75) is 58.0 Å². The Kier molecular flexibility index (Phi) is 5.19. The molecule has 0 saturated heterocycles. The van der Waals surface area contributed by atoms with Crippen LogP contribution in [-0.4, -0.2) is 17.5 Å². The van der Waals surface area contributed by atoms with E-state index in [-0.39, 0.29) is 17.4 Å². The molecule has 0 aliphatic heterocycles. The molecule has 0 aliphatic rings. The van der Waals surface area contributed by atoms with Crippen LogP contribution in [0.15, 0.2) is 18.2 Å². The second kappa shape index (κ2) is 6.12. The van der Waals surface area contributed by atoms with Crippen LogP contribution >= 0.6 is 0 Å². The largest absolute Gasteiger partial charge is 0.382 e. The van der Waals surface area contributed by atoms with Gasteiger partial charge in [0.1, 0.15) is 6.10 Å². The second-order valence-electron chi connectivity index (χ2n) is 5.58. The Hall–Kier alpha value is -1.10. The summed E-state index contributed by atoms with van der Waals surface area (Å²) in [5.41, 5.74) is 1.27. The summed E-state index contributed by atoms with van der Waals surface area (Å²) in [4.78, 5) is 0. The molecule has 0 heterocycles. The minimum Gasteiger partial charge on any atom is -0.382 e. The van der Waals surface area contributed by atoms with Crippen molar-refractivity contribution in [1.29, 1.82) is 0 Å². The Morgan fingerprint density at radius 1 is 0.950 bits per heavy atom. The fourth-order valence-corrected chi connectivity index (χ4v) is 2.03. The molecule has 0 aliphatic carbocycles. The predicted octanol–water partition coefficient (Wildman–Crippen LogP) is 4.87. The first kappa shape index (κ1) is 17.0. The SMILES string of the molecule is CC(C)c1ccc(C(O)C(F)(F)C(F)F)c(C(C)C)c1. The lowest BCUT2D eigenvalue weighted by atomic mass is 9.88. The van der Waals surface area contributed by atoms with Gasteiger partial charge in [-0.15, -0.1) is 0 Å². The van der Waals surface area contributed by atoms with Gasteiger partial charge in [0.15, 0.2) is 0 Å². The molecule has 0 saturated carbocycles. The molecule has 0 radical (unpaired) electrons. The van der Waals surface area contributed by atoms with Crippen LogP contribution in [0, 0.1) is 0 Å². The van der Waals surface area contributed by atoms with Gasteiger partial charge in [0.2, 0.25) is 0 Å². The quantitative estimate of drug-likeness (QED) is 0.768. The van der Waals surface area contributed by atoms with Crippen molar-refractivity contribution in [2.24, 2.45) is 0 Å². The van der Waals surface area contributed by atoms with Gasteiger partial charge in [0, 0.05) is 0 Å². The van der Waals surface area contributed by atoms with Gasteiger partial charge < -0.3 is 5.11 Å². The van der Waals surface area contributed by atoms with Gasteiger partial charge in [-0.25, -0.2) is 8.78 Å². The highest BCUT2D eigenvalue weighted by molar-refractivity contribution is 5.37. The molecular weight excluding hydrogens is 272 g/mol. The molecule has 1 aromatic rings. The van der Waals surface area contributed by atoms with E-state index in [2.05, 4.69) is 0 Å². The van der Waals surface area contributed by atoms with Crippen LogP contribution in [-0.2, 0) is 0 Å². The molecule has 1 unspecified atom stereocenters. The number of rotatable bonds is 5. The van der Waals surface area contributed by atoms with Crippen molar-refractivity contribution in [2.75, 3.05) is 0 Å². The molecule has 20 heavy (non-hydrogen) atoms. The van der Waals surface area contributed by atoms with Crippen molar-refractivity contribution in [1.82, 2.24) is 0 Å². The Morgan fingerprint density at radius 3 is 1.90 bits per heavy atom. The fourth-order valence-electron chi connectivity index (χ4n) is 2.03. The number of aliphatic hydroxyl groups is 1. The van der Waals surface area contributed by atoms with Crippen LogP contribution in [0.25, 0.3) is 0 Å². The Bertz CT molecular complexity index is 455. The molecule has 1 N–H and O–H groups in total. The Balaban J connectivity index is 3.31. The van der Waals surface area contributed by atoms with Gasteiger partial charge in [0.05, 0.1) is 0 Å². The number of hydrogen-bond acceptors (Lipinski definition) is 1. The number of aliphatic hydroxyl groups excluding tert-OH is 1. The summed E-state index contributed by atoms with van der Waals surface area (Å²) >= 11 is 0. The first-order valence-electron chi connectivity index (χ1n) is 6.56. The van der Waals surface area contributed by atoms with Crippen LogP contribution in [0.3, 0.4) is 0 Å². The summed E-state index contributed by atoms with van der Waals surface area (Å²) in [6.07, 6.45) is -6.40. The molecule has 1 rings (SSSR count). The standard InChI is InChI=1S/C15H20F4O/c1-8(2)10-5-6-11(12(7-10)9(3)4)13(20)15(18,19)14(16)17/h5-9,13-14,20H,1-4H3. The molecular formula is C15H20F4O. The lowest BCUT2D eigenvalue weighted by molar-refractivity contribution is -0.194. The summed E-state index contributed by atoms with van der Waals surface area (Å²) in [6, 6.07) is 4.62. The highest BCUT2D eigenvalue weighted by atomic mass is 19.3. The van der Waals surface area contributed by atoms with Crippen molar-refractivity contribution < 1.29 is 22.7 Å². The van der Waals surface area contributed by atoms with Crippen LogP contribution in [0.5, 0.6) is 0 Å². The van der Waals surface area contributed by atoms with Crippen LogP contribution in [0.2, 0.25) is 0 Å². The average Bonchev–Trinajstić information content (AvgIpc) is 2.36. The molecule has 1 nitrogen and oxygen atoms in total. The second-order valence-corrected chi connectivity index (χ2v) is 5.58. The molecule has 114 valence electrons. The van der Waals surface area contributed by atoms with Crippen molar-refractivity contribution in [3.63, 3.8) is 0 Å². The van der Waals surface area contributed by atoms with E-state index in [0.29, 0.717) is 5.56 Å². The highest BCUT2D eigenvalue weighted by Crippen LogP contribution is 2.40. The maximum atomic E-state index is 13.3. The van der Waals surface area contributed by atoms with Gasteiger partial charge in [-0.3, -0.25) is 0 Å². The Labute approximate surface area is 116 Å². The van der Waals surface area contributed by atoms with Gasteiger partial charge in [0.25, 0.3) is 0 Å². The fraction of sp³-hybridized carbons (Fsp3) is 0.600. The molecule has 0 spiro atoms. The van der Waals surface area contributed by atoms with E-state index in [1.165, 1.54) is 6.07 Å². The number of halogens is 4. The minimum absolute atomic E-state index is 0.130. The number of benzene rings is 1. The third-order valence-corrected chi connectivity index (χ3v) is 3.35. The zero-order valence-electron chi connectivity index (χ0n) is 12.0. The van der Waals surface area contributed by atoms with Gasteiger partial charge in [-0.2, -0.15) is 8.78 Å². The zero-order chi connectivity index (χ0) is 15.7. The monoisotopic (exact) mass is 292 g/mol. The van der Waals surface area contributed by atoms with Gasteiger partial charge in [-0.1, -0.05) is 45.9 Å². The van der Waals surface area contributed by atoms with Gasteiger partial charge in [-0.05, 0) is 28.5 Å². The summed E-state index contributed by atoms with van der Waals surface area (Å²) in [5, 5.41) is 9.65. The molecule has 0 aromatic heterocycles. The van der Waals surface area contributed by atoms with Crippen molar-refractivity contribution in [3.8, 4) is 0 Å². The van der Waals surface area contributed by atoms with Crippen molar-refractivity contribution in [3.05, 3.63) is 34.9 Å². The third kappa shape index (κ3) is 3.32. The summed E-state index contributed by atoms with van der Waals surface area (Å²) in [7, 11) is 0. The van der Waals surface area contributed by atoms with E-state index in [4.69, 9.17) is 0 Å². The van der Waals surface area contributed by atoms with Crippen LogP contribution in [0.4, 0.5) is 17.6 Å². The van der Waals surface area contributed by atoms with Crippen LogP contribution in [0.1, 0.15) is 62.3 Å². The Morgan fingerprint density at radius 2 is 1.50 bits per heavy atom. The maximum Gasteiger partial charge on any atom is 0.336 e. The van der Waals surface area contributed by atoms with Crippen molar-refractivity contribution >= 4 is 0 Å². The van der Waals surface area contributed by atoms with E-state index in [1.54, 1.807) is 26.0 Å². The first-order valence-corrected chi connectivity index (χ1v) is 6.56. The molecule has 1 aromatic carbocycles. The number of alkyl halides is 4. The molecule has 0 amide bonds. The summed E-state index contributed by atoms with van der Waals surface area (Å²) in [6.45, 7) is 7.44. The normalized spacial score (nSPS) is 14.4. The number of hydrogen-bond donors (Lipinski definition) is 1. The highest BCUT2D eigenvalue weighted by Gasteiger charge is 2.49. The predicted molar refractivity (Wildman–Crippen MR) is 70.5 cm³/mol. The van der Waals surface area contributed by atoms with E-state index in [0.717, 1.165) is 5.56 Å². The lowest BCUT2D eigenvalue weighted by Gasteiger charge is -2.26. The topological polar surface area (TPSA) is 20.2 Å². The molecule has 5 heteroatoms. The third-order valence-electron chi connectivity index (χ3n) is 3.35. The summed E-state index contributed by atoms with van der Waals surface area (Å²) in [5.74, 6) is -4.41. The minimum atomic E-state index is -4.46.